The molecule has 11 rings (SSSR count). The molecule has 57 heavy (non-hydrogen) atoms. The zero-order valence-corrected chi connectivity index (χ0v) is 30.8. The van der Waals surface area contributed by atoms with Gasteiger partial charge < -0.3 is 9.32 Å². The third-order valence-corrected chi connectivity index (χ3v) is 10.8. The first-order valence-corrected chi connectivity index (χ1v) is 19.2. The van der Waals surface area contributed by atoms with Gasteiger partial charge in [-0.3, -0.25) is 4.57 Å². The summed E-state index contributed by atoms with van der Waals surface area (Å²) in [5.74, 6) is 0.599. The van der Waals surface area contributed by atoms with Gasteiger partial charge in [0, 0.05) is 44.3 Å². The maximum absolute atomic E-state index is 6.57. The third kappa shape index (κ3) is 5.64. The minimum absolute atomic E-state index is 0.599. The van der Waals surface area contributed by atoms with Crippen LogP contribution in [0.3, 0.4) is 0 Å². The minimum atomic E-state index is 0.599. The van der Waals surface area contributed by atoms with E-state index in [9.17, 15) is 0 Å². The van der Waals surface area contributed by atoms with Crippen molar-refractivity contribution in [2.45, 2.75) is 0 Å². The molecular weight excluding hydrogens is 697 g/mol. The molecule has 0 radical (unpaired) electrons. The summed E-state index contributed by atoms with van der Waals surface area (Å²) in [4.78, 5) is 12.9. The van der Waals surface area contributed by atoms with Gasteiger partial charge in [0.05, 0.1) is 27.8 Å². The van der Waals surface area contributed by atoms with Crippen LogP contribution in [0.25, 0.3) is 83.3 Å². The molecule has 0 atom stereocenters. The summed E-state index contributed by atoms with van der Waals surface area (Å²) in [5.41, 5.74) is 13.0. The minimum Gasteiger partial charge on any atom is -0.455 e. The highest BCUT2D eigenvalue weighted by molar-refractivity contribution is 6.23. The number of aromatic nitrogens is 3. The van der Waals surface area contributed by atoms with E-state index in [1.54, 1.807) is 0 Å². The van der Waals surface area contributed by atoms with Gasteiger partial charge in [0.1, 0.15) is 11.2 Å². The molecule has 8 aromatic carbocycles. The normalized spacial score (nSPS) is 11.5. The Labute approximate surface area is 329 Å². The fourth-order valence-electron chi connectivity index (χ4n) is 8.13. The second-order valence-corrected chi connectivity index (χ2v) is 14.2. The molecule has 0 spiro atoms. The monoisotopic (exact) mass is 730 g/mol. The van der Waals surface area contributed by atoms with Gasteiger partial charge in [0.2, 0.25) is 5.95 Å². The van der Waals surface area contributed by atoms with Gasteiger partial charge in [0.15, 0.2) is 0 Å². The van der Waals surface area contributed by atoms with Crippen molar-refractivity contribution in [3.8, 4) is 39.6 Å². The summed E-state index contributed by atoms with van der Waals surface area (Å²) >= 11 is 0. The van der Waals surface area contributed by atoms with Crippen molar-refractivity contribution in [1.82, 2.24) is 14.5 Å². The number of furan rings is 1. The van der Waals surface area contributed by atoms with Crippen LogP contribution in [0.1, 0.15) is 0 Å². The maximum Gasteiger partial charge on any atom is 0.235 e. The van der Waals surface area contributed by atoms with Crippen LogP contribution in [0.2, 0.25) is 0 Å². The van der Waals surface area contributed by atoms with E-state index in [0.717, 1.165) is 83.3 Å². The summed E-state index contributed by atoms with van der Waals surface area (Å²) in [6.07, 6.45) is 0. The van der Waals surface area contributed by atoms with Gasteiger partial charge >= 0.3 is 0 Å². The first kappa shape index (κ1) is 32.7. The van der Waals surface area contributed by atoms with Crippen molar-refractivity contribution in [2.75, 3.05) is 4.90 Å². The van der Waals surface area contributed by atoms with Crippen LogP contribution in [-0.4, -0.2) is 14.5 Å². The van der Waals surface area contributed by atoms with E-state index in [0.29, 0.717) is 5.95 Å². The zero-order valence-electron chi connectivity index (χ0n) is 30.8. The van der Waals surface area contributed by atoms with E-state index in [4.69, 9.17) is 14.4 Å². The molecule has 0 bridgehead atoms. The van der Waals surface area contributed by atoms with Crippen molar-refractivity contribution in [1.29, 1.82) is 0 Å². The molecule has 3 aromatic heterocycles. The van der Waals surface area contributed by atoms with Gasteiger partial charge in [0.25, 0.3) is 0 Å². The predicted octanol–water partition coefficient (Wildman–Crippen LogP) is 13.9. The SMILES string of the molecule is c1ccc(-c2ccc(N(c3ccccc3)c3ccc(-c4cc(-c5ccccc5)nc(-n5c6ccccc6c6c7oc8ccccc8c7ccc65)n4)cc3)cc2)cc1. The van der Waals surface area contributed by atoms with Crippen LogP contribution < -0.4 is 4.90 Å². The Morgan fingerprint density at radius 2 is 0.895 bits per heavy atom. The molecule has 0 aliphatic heterocycles. The van der Waals surface area contributed by atoms with E-state index in [2.05, 4.69) is 191 Å². The quantitative estimate of drug-likeness (QED) is 0.164. The summed E-state index contributed by atoms with van der Waals surface area (Å²) < 4.78 is 8.75. The number of anilines is 3. The predicted molar refractivity (Wildman–Crippen MR) is 235 cm³/mol. The number of rotatable bonds is 7. The second-order valence-electron chi connectivity index (χ2n) is 14.2. The molecule has 0 N–H and O–H groups in total. The molecule has 5 nitrogen and oxygen atoms in total. The summed E-state index contributed by atoms with van der Waals surface area (Å²) in [6.45, 7) is 0. The molecule has 0 aliphatic rings. The first-order valence-electron chi connectivity index (χ1n) is 19.2. The lowest BCUT2D eigenvalue weighted by molar-refractivity contribution is 0.673. The number of hydrogen-bond donors (Lipinski definition) is 0. The van der Waals surface area contributed by atoms with Crippen LogP contribution in [0.4, 0.5) is 17.1 Å². The van der Waals surface area contributed by atoms with Crippen molar-refractivity contribution < 1.29 is 4.42 Å². The highest BCUT2D eigenvalue weighted by atomic mass is 16.3. The van der Waals surface area contributed by atoms with E-state index in [1.165, 1.54) is 11.1 Å². The Hall–Kier alpha value is -7.76. The van der Waals surface area contributed by atoms with Crippen LogP contribution >= 0.6 is 0 Å². The van der Waals surface area contributed by atoms with Crippen LogP contribution in [-0.2, 0) is 0 Å². The van der Waals surface area contributed by atoms with E-state index >= 15 is 0 Å². The van der Waals surface area contributed by atoms with Gasteiger partial charge in [-0.05, 0) is 77.9 Å². The van der Waals surface area contributed by atoms with Crippen LogP contribution in [0.5, 0.6) is 0 Å². The number of nitrogens with zero attached hydrogens (tertiary/aromatic N) is 4. The number of hydrogen-bond acceptors (Lipinski definition) is 4. The average molecular weight is 731 g/mol. The summed E-state index contributed by atoms with van der Waals surface area (Å²) in [6, 6.07) is 71.9. The van der Waals surface area contributed by atoms with Gasteiger partial charge in [-0.1, -0.05) is 140 Å². The van der Waals surface area contributed by atoms with Crippen molar-refractivity contribution in [3.63, 3.8) is 0 Å². The number of fused-ring (bicyclic) bond motifs is 7. The highest BCUT2D eigenvalue weighted by Gasteiger charge is 2.21. The third-order valence-electron chi connectivity index (χ3n) is 10.8. The Morgan fingerprint density at radius 3 is 1.58 bits per heavy atom. The molecule has 0 saturated heterocycles. The first-order chi connectivity index (χ1) is 28.3. The Balaban J connectivity index is 1.06. The highest BCUT2D eigenvalue weighted by Crippen LogP contribution is 2.41. The van der Waals surface area contributed by atoms with E-state index < -0.39 is 0 Å². The molecule has 11 aromatic rings. The average Bonchev–Trinajstić information content (AvgIpc) is 3.84. The van der Waals surface area contributed by atoms with Crippen molar-refractivity contribution in [2.24, 2.45) is 0 Å². The molecule has 3 heterocycles. The molecular formula is C52H34N4O. The topological polar surface area (TPSA) is 47.1 Å². The lowest BCUT2D eigenvalue weighted by Crippen LogP contribution is -2.09. The number of benzene rings is 8. The van der Waals surface area contributed by atoms with E-state index in [-0.39, 0.29) is 0 Å². The summed E-state index contributed by atoms with van der Waals surface area (Å²) in [5, 5.41) is 4.35. The summed E-state index contributed by atoms with van der Waals surface area (Å²) in [7, 11) is 0. The Bertz CT molecular complexity index is 3210. The Morgan fingerprint density at radius 1 is 0.386 bits per heavy atom. The fourth-order valence-corrected chi connectivity index (χ4v) is 8.13. The molecule has 0 saturated carbocycles. The maximum atomic E-state index is 6.57. The second kappa shape index (κ2) is 13.5. The van der Waals surface area contributed by atoms with Gasteiger partial charge in [-0.2, -0.15) is 0 Å². The smallest absolute Gasteiger partial charge is 0.235 e. The molecule has 0 unspecified atom stereocenters. The molecule has 0 fully saturated rings. The van der Waals surface area contributed by atoms with E-state index in [1.807, 2.05) is 24.3 Å². The van der Waals surface area contributed by atoms with Gasteiger partial charge in [-0.25, -0.2) is 9.97 Å². The lowest BCUT2D eigenvalue weighted by Gasteiger charge is -2.26. The lowest BCUT2D eigenvalue weighted by atomic mass is 10.0. The fraction of sp³-hybridized carbons (Fsp3) is 0. The number of para-hydroxylation sites is 3. The molecule has 268 valence electrons. The standard InChI is InChI=1S/C52H34N4O/c1-4-14-35(15-5-1)36-24-28-40(29-25-36)55(39-18-8-3-9-19-39)41-30-26-38(27-31-41)46-34-45(37-16-6-2-7-17-37)53-52(54-46)56-47-22-12-10-21-44(47)50-48(56)33-32-43-42-20-11-13-23-49(42)57-51(43)50/h1-34H. The van der Waals surface area contributed by atoms with Crippen molar-refractivity contribution >= 4 is 60.8 Å². The zero-order chi connectivity index (χ0) is 37.7. The van der Waals surface area contributed by atoms with Gasteiger partial charge in [-0.15, -0.1) is 0 Å². The van der Waals surface area contributed by atoms with Crippen LogP contribution in [0.15, 0.2) is 211 Å². The molecule has 5 heteroatoms. The largest absolute Gasteiger partial charge is 0.455 e. The van der Waals surface area contributed by atoms with Crippen molar-refractivity contribution in [3.05, 3.63) is 206 Å². The Kier molecular flexibility index (Phi) is 7.74. The van der Waals surface area contributed by atoms with Crippen LogP contribution in [0, 0.1) is 0 Å². The molecule has 0 amide bonds. The molecule has 0 aliphatic carbocycles.